The average molecular weight is 545 g/mol. The number of hydrogen-bond donors (Lipinski definition) is 1. The summed E-state index contributed by atoms with van der Waals surface area (Å²) in [6, 6.07) is 22.8. The lowest BCUT2D eigenvalue weighted by molar-refractivity contribution is -0.121. The maximum absolute atomic E-state index is 13.6. The standard InChI is InChI=1S/C30H32N4O4S/c1-22-17-23(27-8-3-4-9-28(27)33-22)20-38-26-12-10-24(11-13-26)30(18-29(35)31-2)21-34(15-16-39(30,36)37)19-25-7-5-6-14-32-25/h3-14,17H,15-16,18-21H2,1-2H3,(H,31,35). The molecule has 3 heterocycles. The van der Waals surface area contributed by atoms with Crippen molar-refractivity contribution in [3.8, 4) is 5.75 Å². The van der Waals surface area contributed by atoms with Gasteiger partial charge in [0.1, 0.15) is 17.1 Å². The molecule has 9 heteroatoms. The fraction of sp³-hybridized carbons (Fsp3) is 0.300. The largest absolute Gasteiger partial charge is 0.489 e. The Labute approximate surface area is 229 Å². The number of aryl methyl sites for hydroxylation is 1. The van der Waals surface area contributed by atoms with Crippen LogP contribution in [0.5, 0.6) is 5.75 Å². The molecule has 1 amide bonds. The predicted molar refractivity (Wildman–Crippen MR) is 151 cm³/mol. The molecule has 8 nitrogen and oxygen atoms in total. The van der Waals surface area contributed by atoms with Gasteiger partial charge in [0, 0.05) is 49.5 Å². The third-order valence-corrected chi connectivity index (χ3v) is 9.71. The first-order valence-corrected chi connectivity index (χ1v) is 14.6. The number of fused-ring (bicyclic) bond motifs is 1. The molecule has 1 aliphatic heterocycles. The van der Waals surface area contributed by atoms with Crippen molar-refractivity contribution in [1.82, 2.24) is 20.2 Å². The second-order valence-electron chi connectivity index (χ2n) is 9.95. The van der Waals surface area contributed by atoms with Crippen LogP contribution in [0.25, 0.3) is 10.9 Å². The molecule has 0 spiro atoms. The number of sulfone groups is 1. The lowest BCUT2D eigenvalue weighted by atomic mass is 9.92. The number of para-hydroxylation sites is 1. The number of carbonyl (C=O) groups is 1. The summed E-state index contributed by atoms with van der Waals surface area (Å²) in [5.41, 5.74) is 4.29. The maximum atomic E-state index is 13.6. The molecule has 2 aromatic carbocycles. The average Bonchev–Trinajstić information content (AvgIpc) is 2.94. The van der Waals surface area contributed by atoms with E-state index >= 15 is 0 Å². The predicted octanol–water partition coefficient (Wildman–Crippen LogP) is 3.78. The lowest BCUT2D eigenvalue weighted by Crippen LogP contribution is -2.55. The number of hydrogen-bond acceptors (Lipinski definition) is 7. The van der Waals surface area contributed by atoms with Crippen LogP contribution in [-0.4, -0.2) is 55.1 Å². The highest BCUT2D eigenvalue weighted by Crippen LogP contribution is 2.39. The first-order valence-electron chi connectivity index (χ1n) is 12.9. The normalized spacial score (nSPS) is 19.0. The second kappa shape index (κ2) is 11.1. The summed E-state index contributed by atoms with van der Waals surface area (Å²) >= 11 is 0. The van der Waals surface area contributed by atoms with Crippen molar-refractivity contribution in [1.29, 1.82) is 0 Å². The molecule has 0 radical (unpaired) electrons. The van der Waals surface area contributed by atoms with Gasteiger partial charge in [-0.2, -0.15) is 0 Å². The number of aromatic nitrogens is 2. The summed E-state index contributed by atoms with van der Waals surface area (Å²) in [5.74, 6) is 0.258. The molecule has 1 fully saturated rings. The van der Waals surface area contributed by atoms with Crippen molar-refractivity contribution < 1.29 is 17.9 Å². The Hall–Kier alpha value is -3.82. The Morgan fingerprint density at radius 2 is 1.85 bits per heavy atom. The summed E-state index contributed by atoms with van der Waals surface area (Å²) in [4.78, 5) is 23.7. The third kappa shape index (κ3) is 5.65. The van der Waals surface area contributed by atoms with Crippen molar-refractivity contribution >= 4 is 26.6 Å². The molecule has 5 rings (SSSR count). The number of amides is 1. The van der Waals surface area contributed by atoms with E-state index in [0.717, 1.165) is 27.9 Å². The smallest absolute Gasteiger partial charge is 0.221 e. The second-order valence-corrected chi connectivity index (χ2v) is 12.4. The molecule has 0 aliphatic carbocycles. The molecular weight excluding hydrogens is 512 g/mol. The molecule has 1 aliphatic rings. The molecule has 1 unspecified atom stereocenters. The summed E-state index contributed by atoms with van der Waals surface area (Å²) in [6.45, 7) is 3.39. The van der Waals surface area contributed by atoms with Crippen LogP contribution in [0.15, 0.2) is 79.0 Å². The third-order valence-electron chi connectivity index (χ3n) is 7.29. The van der Waals surface area contributed by atoms with Gasteiger partial charge < -0.3 is 10.1 Å². The Morgan fingerprint density at radius 1 is 1.08 bits per heavy atom. The zero-order valence-corrected chi connectivity index (χ0v) is 22.9. The van der Waals surface area contributed by atoms with Crippen molar-refractivity contribution in [2.75, 3.05) is 25.9 Å². The van der Waals surface area contributed by atoms with E-state index in [9.17, 15) is 13.2 Å². The molecule has 0 saturated carbocycles. The monoisotopic (exact) mass is 544 g/mol. The van der Waals surface area contributed by atoms with Crippen molar-refractivity contribution in [2.24, 2.45) is 0 Å². The Balaban J connectivity index is 1.42. The molecular formula is C30H32N4O4S. The van der Waals surface area contributed by atoms with Gasteiger partial charge in [-0.1, -0.05) is 36.4 Å². The van der Waals surface area contributed by atoms with Gasteiger partial charge in [0.15, 0.2) is 9.84 Å². The minimum atomic E-state index is -3.64. The van der Waals surface area contributed by atoms with Gasteiger partial charge in [-0.3, -0.25) is 19.7 Å². The quantitative estimate of drug-likeness (QED) is 0.360. The van der Waals surface area contributed by atoms with E-state index < -0.39 is 14.6 Å². The highest BCUT2D eigenvalue weighted by molar-refractivity contribution is 7.92. The fourth-order valence-electron chi connectivity index (χ4n) is 5.26. The summed E-state index contributed by atoms with van der Waals surface area (Å²) < 4.78 is 32.0. The SMILES string of the molecule is CNC(=O)CC1(c2ccc(OCc3cc(C)nc4ccccc34)cc2)CN(Cc2ccccn2)CCS1(=O)=O. The van der Waals surface area contributed by atoms with Crippen LogP contribution >= 0.6 is 0 Å². The maximum Gasteiger partial charge on any atom is 0.221 e. The summed E-state index contributed by atoms with van der Waals surface area (Å²) in [5, 5.41) is 3.65. The Bertz CT molecular complexity index is 1580. The van der Waals surface area contributed by atoms with Crippen LogP contribution < -0.4 is 10.1 Å². The number of rotatable bonds is 8. The van der Waals surface area contributed by atoms with Gasteiger partial charge in [0.25, 0.3) is 0 Å². The van der Waals surface area contributed by atoms with Gasteiger partial charge in [-0.25, -0.2) is 8.42 Å². The van der Waals surface area contributed by atoms with Crippen LogP contribution in [-0.2, 0) is 32.5 Å². The Morgan fingerprint density at radius 3 is 2.59 bits per heavy atom. The zero-order valence-electron chi connectivity index (χ0n) is 22.1. The van der Waals surface area contributed by atoms with E-state index in [1.807, 2.05) is 55.5 Å². The molecule has 39 heavy (non-hydrogen) atoms. The van der Waals surface area contributed by atoms with Crippen molar-refractivity contribution in [3.63, 3.8) is 0 Å². The number of nitrogens with zero attached hydrogens (tertiary/aromatic N) is 3. The van der Waals surface area contributed by atoms with E-state index in [1.54, 1.807) is 30.5 Å². The highest BCUT2D eigenvalue weighted by Gasteiger charge is 2.50. The first kappa shape index (κ1) is 26.8. The molecule has 1 saturated heterocycles. The minimum Gasteiger partial charge on any atom is -0.489 e. The van der Waals surface area contributed by atoms with Crippen LogP contribution in [0.3, 0.4) is 0 Å². The molecule has 0 bridgehead atoms. The van der Waals surface area contributed by atoms with Gasteiger partial charge in [-0.15, -0.1) is 0 Å². The zero-order chi connectivity index (χ0) is 27.5. The van der Waals surface area contributed by atoms with Crippen molar-refractivity contribution in [3.05, 3.63) is 102 Å². The highest BCUT2D eigenvalue weighted by atomic mass is 32.2. The number of carbonyl (C=O) groups excluding carboxylic acids is 1. The summed E-state index contributed by atoms with van der Waals surface area (Å²) in [7, 11) is -2.11. The van der Waals surface area contributed by atoms with Gasteiger partial charge in [0.2, 0.25) is 5.91 Å². The van der Waals surface area contributed by atoms with E-state index in [0.29, 0.717) is 31.0 Å². The van der Waals surface area contributed by atoms with Crippen LogP contribution in [0.1, 0.15) is 28.9 Å². The van der Waals surface area contributed by atoms with E-state index in [1.165, 1.54) is 7.05 Å². The van der Waals surface area contributed by atoms with E-state index in [-0.39, 0.29) is 24.6 Å². The molecule has 202 valence electrons. The van der Waals surface area contributed by atoms with Crippen molar-refractivity contribution in [2.45, 2.75) is 31.2 Å². The molecule has 4 aromatic rings. The van der Waals surface area contributed by atoms with Gasteiger partial charge >= 0.3 is 0 Å². The van der Waals surface area contributed by atoms with Crippen LogP contribution in [0, 0.1) is 6.92 Å². The number of ether oxygens (including phenoxy) is 1. The van der Waals surface area contributed by atoms with E-state index in [4.69, 9.17) is 4.74 Å². The lowest BCUT2D eigenvalue weighted by Gasteiger charge is -2.42. The van der Waals surface area contributed by atoms with E-state index in [2.05, 4.69) is 20.2 Å². The minimum absolute atomic E-state index is 0.0381. The van der Waals surface area contributed by atoms with Crippen LogP contribution in [0.4, 0.5) is 0 Å². The van der Waals surface area contributed by atoms with Gasteiger partial charge in [0.05, 0.1) is 23.4 Å². The van der Waals surface area contributed by atoms with Gasteiger partial charge in [-0.05, 0) is 48.9 Å². The molecule has 1 N–H and O–H groups in total. The topological polar surface area (TPSA) is 101 Å². The number of benzene rings is 2. The number of pyridine rings is 2. The molecule has 2 aromatic heterocycles. The Kier molecular flexibility index (Phi) is 7.63. The fourth-order valence-corrected chi connectivity index (χ4v) is 7.37. The summed E-state index contributed by atoms with van der Waals surface area (Å²) in [6.07, 6.45) is 1.57. The molecule has 1 atom stereocenters. The first-order chi connectivity index (χ1) is 18.8. The van der Waals surface area contributed by atoms with Crippen LogP contribution in [0.2, 0.25) is 0 Å². The number of nitrogens with one attached hydrogen (secondary N) is 1.